The monoisotopic (exact) mass is 261 g/mol. The SMILES string of the molecule is CC(CCn1c(=O)[nH]c(=O)[nH]c1=O)c1ccccc1. The van der Waals surface area contributed by atoms with E-state index in [1.807, 2.05) is 47.2 Å². The molecule has 1 aromatic carbocycles. The first-order valence-corrected chi connectivity index (χ1v) is 6.06. The van der Waals surface area contributed by atoms with Gasteiger partial charge in [0, 0.05) is 6.54 Å². The van der Waals surface area contributed by atoms with Gasteiger partial charge in [-0.05, 0) is 17.9 Å². The van der Waals surface area contributed by atoms with Crippen LogP contribution in [0.1, 0.15) is 24.8 Å². The molecule has 6 heteroatoms. The fourth-order valence-corrected chi connectivity index (χ4v) is 1.93. The number of nitrogens with zero attached hydrogens (tertiary/aromatic N) is 1. The van der Waals surface area contributed by atoms with E-state index in [1.54, 1.807) is 0 Å². The molecule has 0 saturated heterocycles. The summed E-state index contributed by atoms with van der Waals surface area (Å²) in [5.41, 5.74) is -0.971. The van der Waals surface area contributed by atoms with Crippen molar-refractivity contribution < 1.29 is 0 Å². The number of aromatic nitrogens is 3. The zero-order valence-electron chi connectivity index (χ0n) is 10.6. The highest BCUT2D eigenvalue weighted by molar-refractivity contribution is 5.18. The van der Waals surface area contributed by atoms with Crippen LogP contribution >= 0.6 is 0 Å². The van der Waals surface area contributed by atoms with Gasteiger partial charge in [0.1, 0.15) is 0 Å². The van der Waals surface area contributed by atoms with Gasteiger partial charge in [-0.25, -0.2) is 19.0 Å². The van der Waals surface area contributed by atoms with Crippen molar-refractivity contribution in [1.82, 2.24) is 14.5 Å². The molecule has 1 heterocycles. The standard InChI is InChI=1S/C13H15N3O3/c1-9(10-5-3-2-4-6-10)7-8-16-12(18)14-11(17)15-13(16)19/h2-6,9H,7-8H2,1H3,(H2,14,15,17,18,19). The molecule has 0 bridgehead atoms. The van der Waals surface area contributed by atoms with Gasteiger partial charge in [-0.3, -0.25) is 9.97 Å². The van der Waals surface area contributed by atoms with Gasteiger partial charge < -0.3 is 0 Å². The molecule has 6 nitrogen and oxygen atoms in total. The van der Waals surface area contributed by atoms with Crippen molar-refractivity contribution in [2.45, 2.75) is 25.8 Å². The predicted molar refractivity (Wildman–Crippen MR) is 71.4 cm³/mol. The molecule has 1 unspecified atom stereocenters. The Morgan fingerprint density at radius 1 is 1.05 bits per heavy atom. The molecular formula is C13H15N3O3. The predicted octanol–water partition coefficient (Wildman–Crippen LogP) is 0.419. The summed E-state index contributed by atoms with van der Waals surface area (Å²) in [7, 11) is 0. The first kappa shape index (κ1) is 13.1. The smallest absolute Gasteiger partial charge is 0.259 e. The Hall–Kier alpha value is -2.37. The molecule has 1 atom stereocenters. The Balaban J connectivity index is 2.14. The summed E-state index contributed by atoms with van der Waals surface area (Å²) in [5, 5.41) is 0. The number of nitrogens with one attached hydrogen (secondary N) is 2. The third kappa shape index (κ3) is 3.09. The minimum Gasteiger partial charge on any atom is -0.259 e. The number of H-pyrrole nitrogens is 2. The van der Waals surface area contributed by atoms with E-state index in [0.29, 0.717) is 6.42 Å². The second-order valence-electron chi connectivity index (χ2n) is 4.44. The number of hydrogen-bond donors (Lipinski definition) is 2. The largest absolute Gasteiger partial charge is 0.333 e. The van der Waals surface area contributed by atoms with Crippen molar-refractivity contribution in [3.05, 3.63) is 67.3 Å². The lowest BCUT2D eigenvalue weighted by atomic mass is 9.98. The van der Waals surface area contributed by atoms with Gasteiger partial charge in [-0.1, -0.05) is 37.3 Å². The van der Waals surface area contributed by atoms with Crippen molar-refractivity contribution in [3.8, 4) is 0 Å². The second-order valence-corrected chi connectivity index (χ2v) is 4.44. The summed E-state index contributed by atoms with van der Waals surface area (Å²) in [6.07, 6.45) is 0.638. The van der Waals surface area contributed by atoms with E-state index in [-0.39, 0.29) is 12.5 Å². The molecule has 0 radical (unpaired) electrons. The van der Waals surface area contributed by atoms with Gasteiger partial charge in [0.05, 0.1) is 0 Å². The molecule has 0 aliphatic rings. The van der Waals surface area contributed by atoms with E-state index >= 15 is 0 Å². The number of aromatic amines is 2. The van der Waals surface area contributed by atoms with Crippen LogP contribution in [0.4, 0.5) is 0 Å². The maximum Gasteiger partial charge on any atom is 0.333 e. The van der Waals surface area contributed by atoms with E-state index in [0.717, 1.165) is 10.1 Å². The summed E-state index contributed by atoms with van der Waals surface area (Å²) < 4.78 is 1.00. The molecule has 0 aliphatic carbocycles. The molecule has 2 rings (SSSR count). The molecule has 2 N–H and O–H groups in total. The van der Waals surface area contributed by atoms with Crippen LogP contribution < -0.4 is 17.1 Å². The zero-order valence-corrected chi connectivity index (χ0v) is 10.6. The molecule has 2 aromatic rings. The van der Waals surface area contributed by atoms with Crippen LogP contribution in [-0.4, -0.2) is 14.5 Å². The fraction of sp³-hybridized carbons (Fsp3) is 0.308. The normalized spacial score (nSPS) is 12.3. The Bertz CT molecular complexity index is 678. The van der Waals surface area contributed by atoms with Crippen LogP contribution in [0.15, 0.2) is 44.7 Å². The molecule has 0 amide bonds. The summed E-state index contributed by atoms with van der Waals surface area (Å²) in [4.78, 5) is 38.0. The van der Waals surface area contributed by atoms with Crippen molar-refractivity contribution in [3.63, 3.8) is 0 Å². The van der Waals surface area contributed by atoms with Gasteiger partial charge in [0.2, 0.25) is 0 Å². The molecule has 1 aromatic heterocycles. The molecular weight excluding hydrogens is 246 g/mol. The van der Waals surface area contributed by atoms with Crippen LogP contribution in [0.25, 0.3) is 0 Å². The Morgan fingerprint density at radius 3 is 2.21 bits per heavy atom. The lowest BCUT2D eigenvalue weighted by Crippen LogP contribution is -2.43. The highest BCUT2D eigenvalue weighted by atomic mass is 16.2. The average molecular weight is 261 g/mol. The quantitative estimate of drug-likeness (QED) is 0.836. The second kappa shape index (κ2) is 5.51. The van der Waals surface area contributed by atoms with Gasteiger partial charge in [-0.15, -0.1) is 0 Å². The lowest BCUT2D eigenvalue weighted by molar-refractivity contribution is 0.527. The van der Waals surface area contributed by atoms with Gasteiger partial charge in [0.15, 0.2) is 0 Å². The van der Waals surface area contributed by atoms with Crippen molar-refractivity contribution >= 4 is 0 Å². The molecule has 0 saturated carbocycles. The maximum atomic E-state index is 11.5. The van der Waals surface area contributed by atoms with Crippen LogP contribution in [0.2, 0.25) is 0 Å². The maximum absolute atomic E-state index is 11.5. The molecule has 19 heavy (non-hydrogen) atoms. The van der Waals surface area contributed by atoms with E-state index in [4.69, 9.17) is 0 Å². The van der Waals surface area contributed by atoms with E-state index < -0.39 is 17.1 Å². The Morgan fingerprint density at radius 2 is 1.63 bits per heavy atom. The van der Waals surface area contributed by atoms with Crippen LogP contribution in [0, 0.1) is 0 Å². The first-order valence-electron chi connectivity index (χ1n) is 6.06. The van der Waals surface area contributed by atoms with Gasteiger partial charge >= 0.3 is 17.1 Å². The number of rotatable bonds is 4. The van der Waals surface area contributed by atoms with Gasteiger partial charge in [0.25, 0.3) is 0 Å². The van der Waals surface area contributed by atoms with Crippen molar-refractivity contribution in [2.75, 3.05) is 0 Å². The summed E-state index contributed by atoms with van der Waals surface area (Å²) in [6, 6.07) is 9.85. The summed E-state index contributed by atoms with van der Waals surface area (Å²) in [5.74, 6) is 0.222. The fourth-order valence-electron chi connectivity index (χ4n) is 1.93. The number of hydrogen-bond acceptors (Lipinski definition) is 3. The zero-order chi connectivity index (χ0) is 13.8. The highest BCUT2D eigenvalue weighted by Crippen LogP contribution is 2.18. The molecule has 0 fully saturated rings. The summed E-state index contributed by atoms with van der Waals surface area (Å²) in [6.45, 7) is 2.29. The third-order valence-electron chi connectivity index (χ3n) is 3.09. The van der Waals surface area contributed by atoms with Crippen LogP contribution in [-0.2, 0) is 6.54 Å². The molecule has 0 spiro atoms. The third-order valence-corrected chi connectivity index (χ3v) is 3.09. The Labute approximate surface area is 108 Å². The van der Waals surface area contributed by atoms with Crippen molar-refractivity contribution in [2.24, 2.45) is 0 Å². The minimum atomic E-state index is -0.776. The Kier molecular flexibility index (Phi) is 3.79. The average Bonchev–Trinajstić information content (AvgIpc) is 2.38. The molecule has 0 aliphatic heterocycles. The van der Waals surface area contributed by atoms with Gasteiger partial charge in [-0.2, -0.15) is 0 Å². The first-order chi connectivity index (χ1) is 9.08. The lowest BCUT2D eigenvalue weighted by Gasteiger charge is -2.11. The number of benzene rings is 1. The molecule has 100 valence electrons. The summed E-state index contributed by atoms with van der Waals surface area (Å²) >= 11 is 0. The van der Waals surface area contributed by atoms with Crippen molar-refractivity contribution in [1.29, 1.82) is 0 Å². The topological polar surface area (TPSA) is 87.7 Å². The minimum absolute atomic E-state index is 0.222. The van der Waals surface area contributed by atoms with E-state index in [2.05, 4.69) is 0 Å². The van der Waals surface area contributed by atoms with E-state index in [1.165, 1.54) is 0 Å². The highest BCUT2D eigenvalue weighted by Gasteiger charge is 2.08. The van der Waals surface area contributed by atoms with E-state index in [9.17, 15) is 14.4 Å². The van der Waals surface area contributed by atoms with Crippen LogP contribution in [0.5, 0.6) is 0 Å². The van der Waals surface area contributed by atoms with Crippen LogP contribution in [0.3, 0.4) is 0 Å².